The first-order valence-electron chi connectivity index (χ1n) is 3.91. The van der Waals surface area contributed by atoms with E-state index in [1.54, 1.807) is 0 Å². The van der Waals surface area contributed by atoms with Gasteiger partial charge in [0.2, 0.25) is 0 Å². The van der Waals surface area contributed by atoms with Crippen molar-refractivity contribution in [3.63, 3.8) is 0 Å². The van der Waals surface area contributed by atoms with Crippen LogP contribution in [0.2, 0.25) is 0 Å². The van der Waals surface area contributed by atoms with Gasteiger partial charge in [0.25, 0.3) is 0 Å². The van der Waals surface area contributed by atoms with Crippen LogP contribution in [-0.2, 0) is 6.42 Å². The smallest absolute Gasteiger partial charge is 0.358 e. The predicted octanol–water partition coefficient (Wildman–Crippen LogP) is 0.477. The Hall–Kier alpha value is -1.36. The molecule has 0 aliphatic heterocycles. The number of hydrogen-bond donors (Lipinski definition) is 1. The lowest BCUT2D eigenvalue weighted by atomic mass is 10.2. The van der Waals surface area contributed by atoms with Gasteiger partial charge in [-0.05, 0) is 14.1 Å². The molecule has 0 bridgehead atoms. The lowest BCUT2D eigenvalue weighted by Gasteiger charge is -2.06. The van der Waals surface area contributed by atoms with Crippen molar-refractivity contribution in [2.45, 2.75) is 6.42 Å². The summed E-state index contributed by atoms with van der Waals surface area (Å²) in [7, 11) is 3.83. The molecule has 0 aliphatic carbocycles. The summed E-state index contributed by atoms with van der Waals surface area (Å²) in [5.74, 6) is -0.608. The van der Waals surface area contributed by atoms with Crippen molar-refractivity contribution in [2.75, 3.05) is 20.6 Å². The lowest BCUT2D eigenvalue weighted by molar-refractivity contribution is 0.0688. The Kier molecular flexibility index (Phi) is 3.02. The van der Waals surface area contributed by atoms with E-state index < -0.39 is 5.97 Å². The predicted molar refractivity (Wildman–Crippen MR) is 45.7 cm³/mol. The molecule has 1 heterocycles. The number of aromatic carboxylic acids is 1. The maximum atomic E-state index is 10.6. The molecular formula is C8H12N2O3. The number of aromatic nitrogens is 1. The summed E-state index contributed by atoms with van der Waals surface area (Å²) in [6.07, 6.45) is 1.73. The largest absolute Gasteiger partial charge is 0.476 e. The van der Waals surface area contributed by atoms with Gasteiger partial charge in [-0.15, -0.1) is 0 Å². The SMILES string of the molecule is CN(C)CCc1ocnc1C(=O)O. The van der Waals surface area contributed by atoms with Crippen molar-refractivity contribution in [3.05, 3.63) is 17.8 Å². The zero-order valence-corrected chi connectivity index (χ0v) is 7.65. The molecular weight excluding hydrogens is 172 g/mol. The summed E-state index contributed by atoms with van der Waals surface area (Å²) >= 11 is 0. The maximum Gasteiger partial charge on any atom is 0.358 e. The summed E-state index contributed by atoms with van der Waals surface area (Å²) in [4.78, 5) is 16.2. The van der Waals surface area contributed by atoms with Crippen LogP contribution in [0.25, 0.3) is 0 Å². The van der Waals surface area contributed by atoms with E-state index >= 15 is 0 Å². The molecule has 0 spiro atoms. The van der Waals surface area contributed by atoms with Crippen LogP contribution in [0.15, 0.2) is 10.8 Å². The number of carboxylic acids is 1. The van der Waals surface area contributed by atoms with Gasteiger partial charge < -0.3 is 14.4 Å². The van der Waals surface area contributed by atoms with E-state index in [4.69, 9.17) is 9.52 Å². The second kappa shape index (κ2) is 4.04. The first-order valence-corrected chi connectivity index (χ1v) is 3.91. The first-order chi connectivity index (χ1) is 6.11. The Bertz CT molecular complexity index is 293. The third-order valence-corrected chi connectivity index (χ3v) is 1.63. The molecule has 0 saturated heterocycles. The second-order valence-electron chi connectivity index (χ2n) is 2.98. The number of carbonyl (C=O) groups is 1. The second-order valence-corrected chi connectivity index (χ2v) is 2.98. The number of nitrogens with zero attached hydrogens (tertiary/aromatic N) is 2. The van der Waals surface area contributed by atoms with Crippen LogP contribution in [0.5, 0.6) is 0 Å². The zero-order chi connectivity index (χ0) is 9.84. The standard InChI is InChI=1S/C8H12N2O3/c1-10(2)4-3-6-7(8(11)12)9-5-13-6/h5H,3-4H2,1-2H3,(H,11,12). The average molecular weight is 184 g/mol. The van der Waals surface area contributed by atoms with E-state index in [2.05, 4.69) is 4.98 Å². The van der Waals surface area contributed by atoms with Crippen molar-refractivity contribution in [3.8, 4) is 0 Å². The van der Waals surface area contributed by atoms with Gasteiger partial charge >= 0.3 is 5.97 Å². The summed E-state index contributed by atoms with van der Waals surface area (Å²) < 4.78 is 4.96. The minimum absolute atomic E-state index is 0.0156. The molecule has 0 unspecified atom stereocenters. The van der Waals surface area contributed by atoms with Gasteiger partial charge in [0.05, 0.1) is 0 Å². The molecule has 0 aliphatic rings. The summed E-state index contributed by atoms with van der Waals surface area (Å²) in [5, 5.41) is 8.68. The fourth-order valence-electron chi connectivity index (χ4n) is 0.947. The fraction of sp³-hybridized carbons (Fsp3) is 0.500. The van der Waals surface area contributed by atoms with Crippen LogP contribution in [-0.4, -0.2) is 41.6 Å². The van der Waals surface area contributed by atoms with E-state index in [1.165, 1.54) is 0 Å². The molecule has 0 atom stereocenters. The average Bonchev–Trinajstić information content (AvgIpc) is 2.47. The molecule has 0 aromatic carbocycles. The summed E-state index contributed by atoms with van der Waals surface area (Å²) in [5.41, 5.74) is 0.0156. The minimum atomic E-state index is -1.04. The zero-order valence-electron chi connectivity index (χ0n) is 7.65. The fourth-order valence-corrected chi connectivity index (χ4v) is 0.947. The van der Waals surface area contributed by atoms with Gasteiger partial charge in [-0.25, -0.2) is 9.78 Å². The Balaban J connectivity index is 2.65. The molecule has 5 nitrogen and oxygen atoms in total. The van der Waals surface area contributed by atoms with Crippen LogP contribution < -0.4 is 0 Å². The third-order valence-electron chi connectivity index (χ3n) is 1.63. The van der Waals surface area contributed by atoms with E-state index in [-0.39, 0.29) is 5.69 Å². The molecule has 72 valence electrons. The third kappa shape index (κ3) is 2.55. The van der Waals surface area contributed by atoms with Crippen molar-refractivity contribution in [1.29, 1.82) is 0 Å². The van der Waals surface area contributed by atoms with Crippen molar-refractivity contribution < 1.29 is 14.3 Å². The van der Waals surface area contributed by atoms with Gasteiger partial charge in [0, 0.05) is 13.0 Å². The molecule has 1 aromatic rings. The number of oxazole rings is 1. The molecule has 0 radical (unpaired) electrons. The highest BCUT2D eigenvalue weighted by Gasteiger charge is 2.14. The molecule has 0 amide bonds. The van der Waals surface area contributed by atoms with E-state index in [0.717, 1.165) is 12.9 Å². The molecule has 0 fully saturated rings. The van der Waals surface area contributed by atoms with Crippen LogP contribution in [0.3, 0.4) is 0 Å². The quantitative estimate of drug-likeness (QED) is 0.737. The van der Waals surface area contributed by atoms with Crippen molar-refractivity contribution in [1.82, 2.24) is 9.88 Å². The topological polar surface area (TPSA) is 66.6 Å². The van der Waals surface area contributed by atoms with Crippen molar-refractivity contribution in [2.24, 2.45) is 0 Å². The monoisotopic (exact) mass is 184 g/mol. The number of likely N-dealkylation sites (N-methyl/N-ethyl adjacent to an activating group) is 1. The van der Waals surface area contributed by atoms with Gasteiger partial charge in [-0.2, -0.15) is 0 Å². The van der Waals surface area contributed by atoms with Gasteiger partial charge in [-0.1, -0.05) is 0 Å². The van der Waals surface area contributed by atoms with Gasteiger partial charge in [0.1, 0.15) is 5.76 Å². The Morgan fingerprint density at radius 1 is 1.69 bits per heavy atom. The molecule has 1 aromatic heterocycles. The molecule has 5 heteroatoms. The highest BCUT2D eigenvalue weighted by Crippen LogP contribution is 2.07. The van der Waals surface area contributed by atoms with Crippen molar-refractivity contribution >= 4 is 5.97 Å². The van der Waals surface area contributed by atoms with E-state index in [0.29, 0.717) is 12.2 Å². The molecule has 0 saturated carbocycles. The molecule has 1 rings (SSSR count). The molecule has 1 N–H and O–H groups in total. The first kappa shape index (κ1) is 9.73. The van der Waals surface area contributed by atoms with E-state index in [1.807, 2.05) is 19.0 Å². The summed E-state index contributed by atoms with van der Waals surface area (Å²) in [6, 6.07) is 0. The highest BCUT2D eigenvalue weighted by molar-refractivity contribution is 5.86. The van der Waals surface area contributed by atoms with Gasteiger partial charge in [-0.3, -0.25) is 0 Å². The normalized spacial score (nSPS) is 10.7. The van der Waals surface area contributed by atoms with Crippen LogP contribution in [0, 0.1) is 0 Å². The molecule has 13 heavy (non-hydrogen) atoms. The number of carboxylic acid groups (broad SMARTS) is 1. The number of rotatable bonds is 4. The Morgan fingerprint density at radius 2 is 2.38 bits per heavy atom. The summed E-state index contributed by atoms with van der Waals surface area (Å²) in [6.45, 7) is 0.746. The Labute approximate surface area is 76.0 Å². The minimum Gasteiger partial charge on any atom is -0.476 e. The van der Waals surface area contributed by atoms with Crippen LogP contribution in [0.4, 0.5) is 0 Å². The number of hydrogen-bond acceptors (Lipinski definition) is 4. The lowest BCUT2D eigenvalue weighted by Crippen LogP contribution is -2.16. The Morgan fingerprint density at radius 3 is 2.92 bits per heavy atom. The van der Waals surface area contributed by atoms with Gasteiger partial charge in [0.15, 0.2) is 12.1 Å². The van der Waals surface area contributed by atoms with Crippen LogP contribution in [0.1, 0.15) is 16.2 Å². The highest BCUT2D eigenvalue weighted by atomic mass is 16.4. The van der Waals surface area contributed by atoms with Crippen LogP contribution >= 0.6 is 0 Å². The maximum absolute atomic E-state index is 10.6. The van der Waals surface area contributed by atoms with E-state index in [9.17, 15) is 4.79 Å².